The molecule has 4 rings (SSSR count). The zero-order valence-corrected chi connectivity index (χ0v) is 18.3. The highest BCUT2D eigenvalue weighted by Gasteiger charge is 2.37. The van der Waals surface area contributed by atoms with Crippen molar-refractivity contribution in [3.63, 3.8) is 0 Å². The van der Waals surface area contributed by atoms with E-state index in [-0.39, 0.29) is 6.61 Å². The van der Waals surface area contributed by atoms with Crippen molar-refractivity contribution in [3.8, 4) is 0 Å². The van der Waals surface area contributed by atoms with Crippen molar-refractivity contribution in [2.75, 3.05) is 5.32 Å². The number of aryl methyl sites for hydroxylation is 1. The molecule has 1 aliphatic rings. The first kappa shape index (κ1) is 21.4. The lowest BCUT2D eigenvalue weighted by Gasteiger charge is -2.30. The van der Waals surface area contributed by atoms with E-state index in [1.165, 1.54) is 4.57 Å². The average Bonchev–Trinajstić information content (AvgIpc) is 2.78. The van der Waals surface area contributed by atoms with Crippen LogP contribution in [0.15, 0.2) is 75.5 Å². The van der Waals surface area contributed by atoms with Gasteiger partial charge in [0.15, 0.2) is 0 Å². The van der Waals surface area contributed by atoms with Crippen molar-refractivity contribution in [1.29, 1.82) is 0 Å². The zero-order chi connectivity index (χ0) is 22.8. The number of hydrogen-bond acceptors (Lipinski definition) is 5. The summed E-state index contributed by atoms with van der Waals surface area (Å²) in [5.74, 6) is -0.773. The molecule has 164 valence electrons. The van der Waals surface area contributed by atoms with Crippen LogP contribution in [0.25, 0.3) is 0 Å². The fraction of sp³-hybridized carbons (Fsp3) is 0.240. The monoisotopic (exact) mass is 431 g/mol. The van der Waals surface area contributed by atoms with Gasteiger partial charge in [-0.1, -0.05) is 60.2 Å². The third kappa shape index (κ3) is 3.89. The Bertz CT molecular complexity index is 1300. The van der Waals surface area contributed by atoms with Gasteiger partial charge in [0, 0.05) is 12.2 Å². The van der Waals surface area contributed by atoms with E-state index >= 15 is 0 Å². The first-order valence-corrected chi connectivity index (χ1v) is 10.5. The highest BCUT2D eigenvalue weighted by molar-refractivity contribution is 5.94. The second-order valence-electron chi connectivity index (χ2n) is 7.83. The molecule has 7 nitrogen and oxygen atoms in total. The average molecular weight is 431 g/mol. The number of nitrogens with one attached hydrogen (secondary N) is 2. The molecule has 0 saturated heterocycles. The third-order valence-corrected chi connectivity index (χ3v) is 5.68. The quantitative estimate of drug-likeness (QED) is 0.604. The normalized spacial score (nSPS) is 15.2. The Morgan fingerprint density at radius 2 is 1.72 bits per heavy atom. The summed E-state index contributed by atoms with van der Waals surface area (Å²) in [4.78, 5) is 41.0. The van der Waals surface area contributed by atoms with Crippen LogP contribution in [0, 0.1) is 6.92 Å². The summed E-state index contributed by atoms with van der Waals surface area (Å²) in [6, 6.07) is 17.1. The van der Waals surface area contributed by atoms with Crippen LogP contribution in [0.4, 0.5) is 5.82 Å². The molecule has 1 aromatic heterocycles. The van der Waals surface area contributed by atoms with E-state index in [1.807, 2.05) is 68.4 Å². The third-order valence-electron chi connectivity index (χ3n) is 5.68. The molecule has 0 amide bonds. The molecule has 32 heavy (non-hydrogen) atoms. The van der Waals surface area contributed by atoms with E-state index in [0.29, 0.717) is 29.2 Å². The molecule has 0 fully saturated rings. The molecule has 1 unspecified atom stereocenters. The van der Waals surface area contributed by atoms with E-state index in [4.69, 9.17) is 4.74 Å². The molecule has 0 aliphatic carbocycles. The summed E-state index contributed by atoms with van der Waals surface area (Å²) in [5.41, 5.74) is 2.92. The van der Waals surface area contributed by atoms with E-state index < -0.39 is 23.1 Å². The molecule has 0 saturated carbocycles. The minimum atomic E-state index is -0.669. The van der Waals surface area contributed by atoms with E-state index in [2.05, 4.69) is 10.3 Å². The Balaban J connectivity index is 1.84. The predicted molar refractivity (Wildman–Crippen MR) is 123 cm³/mol. The van der Waals surface area contributed by atoms with Crippen molar-refractivity contribution < 1.29 is 9.53 Å². The second kappa shape index (κ2) is 8.70. The SMILES string of the molecule is CCn1c2c(c(=O)[nH]c1=O)C(c1ccc(C)cc1)C(C(=O)OCc1ccccc1)=C(C)N2. The number of carbonyl (C=O) groups is 1. The van der Waals surface area contributed by atoms with Crippen molar-refractivity contribution in [2.24, 2.45) is 0 Å². The molecule has 0 spiro atoms. The van der Waals surface area contributed by atoms with Crippen LogP contribution in [0.5, 0.6) is 0 Å². The first-order chi connectivity index (χ1) is 15.4. The van der Waals surface area contributed by atoms with Gasteiger partial charge in [-0.25, -0.2) is 9.59 Å². The number of esters is 1. The van der Waals surface area contributed by atoms with Crippen molar-refractivity contribution in [1.82, 2.24) is 9.55 Å². The molecule has 2 aromatic carbocycles. The maximum absolute atomic E-state index is 13.3. The largest absolute Gasteiger partial charge is 0.457 e. The van der Waals surface area contributed by atoms with Crippen LogP contribution < -0.4 is 16.6 Å². The summed E-state index contributed by atoms with van der Waals surface area (Å²) in [6.07, 6.45) is 0. The topological polar surface area (TPSA) is 93.2 Å². The van der Waals surface area contributed by atoms with E-state index in [9.17, 15) is 14.4 Å². The lowest BCUT2D eigenvalue weighted by atomic mass is 9.82. The van der Waals surface area contributed by atoms with Crippen molar-refractivity contribution in [2.45, 2.75) is 39.8 Å². The fourth-order valence-electron chi connectivity index (χ4n) is 4.06. The van der Waals surface area contributed by atoms with Gasteiger partial charge in [-0.2, -0.15) is 0 Å². The van der Waals surface area contributed by atoms with Crippen LogP contribution in [0.3, 0.4) is 0 Å². The minimum absolute atomic E-state index is 0.120. The Labute approximate surface area is 185 Å². The highest BCUT2D eigenvalue weighted by atomic mass is 16.5. The van der Waals surface area contributed by atoms with Gasteiger partial charge in [0.2, 0.25) is 0 Å². The van der Waals surface area contributed by atoms with Gasteiger partial charge < -0.3 is 10.1 Å². The molecular formula is C25H25N3O4. The summed E-state index contributed by atoms with van der Waals surface area (Å²) in [5, 5.41) is 3.12. The van der Waals surface area contributed by atoms with Crippen LogP contribution >= 0.6 is 0 Å². The van der Waals surface area contributed by atoms with Gasteiger partial charge in [-0.15, -0.1) is 0 Å². The standard InChI is InChI=1S/C25H25N3O4/c1-4-28-22-21(23(29)27-25(28)31)20(18-12-10-15(2)11-13-18)19(16(3)26-22)24(30)32-14-17-8-6-5-7-9-17/h5-13,20,26H,4,14H2,1-3H3,(H,27,29,31). The zero-order valence-electron chi connectivity index (χ0n) is 18.3. The van der Waals surface area contributed by atoms with Gasteiger partial charge in [-0.3, -0.25) is 14.3 Å². The highest BCUT2D eigenvalue weighted by Crippen LogP contribution is 2.40. The van der Waals surface area contributed by atoms with Crippen molar-refractivity contribution in [3.05, 3.63) is 109 Å². The number of fused-ring (bicyclic) bond motifs is 1. The van der Waals surface area contributed by atoms with Crippen LogP contribution in [-0.2, 0) is 22.7 Å². The molecule has 1 atom stereocenters. The van der Waals surface area contributed by atoms with E-state index in [1.54, 1.807) is 6.92 Å². The van der Waals surface area contributed by atoms with Crippen LogP contribution in [0.2, 0.25) is 0 Å². The van der Waals surface area contributed by atoms with Gasteiger partial charge in [0.25, 0.3) is 5.56 Å². The van der Waals surface area contributed by atoms with Crippen LogP contribution in [-0.4, -0.2) is 15.5 Å². The second-order valence-corrected chi connectivity index (χ2v) is 7.83. The molecule has 1 aliphatic heterocycles. The summed E-state index contributed by atoms with van der Waals surface area (Å²) >= 11 is 0. The Morgan fingerprint density at radius 1 is 1.03 bits per heavy atom. The van der Waals surface area contributed by atoms with Gasteiger partial charge in [-0.05, 0) is 31.9 Å². The number of carbonyl (C=O) groups excluding carboxylic acids is 1. The maximum Gasteiger partial charge on any atom is 0.337 e. The number of benzene rings is 2. The number of nitrogens with zero attached hydrogens (tertiary/aromatic N) is 1. The first-order valence-electron chi connectivity index (χ1n) is 10.5. The van der Waals surface area contributed by atoms with Gasteiger partial charge in [0.1, 0.15) is 12.4 Å². The number of hydrogen-bond donors (Lipinski definition) is 2. The summed E-state index contributed by atoms with van der Waals surface area (Å²) in [6.45, 7) is 6.04. The molecule has 2 heterocycles. The van der Waals surface area contributed by atoms with Gasteiger partial charge >= 0.3 is 11.7 Å². The molecule has 3 aromatic rings. The predicted octanol–water partition coefficient (Wildman–Crippen LogP) is 3.44. The fourth-order valence-corrected chi connectivity index (χ4v) is 4.06. The number of aromatic nitrogens is 2. The Morgan fingerprint density at radius 3 is 2.38 bits per heavy atom. The molecule has 2 N–H and O–H groups in total. The summed E-state index contributed by atoms with van der Waals surface area (Å²) < 4.78 is 7.10. The summed E-state index contributed by atoms with van der Waals surface area (Å²) in [7, 11) is 0. The Hall–Kier alpha value is -3.87. The van der Waals surface area contributed by atoms with Crippen molar-refractivity contribution >= 4 is 11.8 Å². The minimum Gasteiger partial charge on any atom is -0.457 e. The molecular weight excluding hydrogens is 406 g/mol. The molecule has 0 bridgehead atoms. The Kier molecular flexibility index (Phi) is 5.81. The lowest BCUT2D eigenvalue weighted by molar-refractivity contribution is -0.140. The van der Waals surface area contributed by atoms with Crippen LogP contribution in [0.1, 0.15) is 42.0 Å². The van der Waals surface area contributed by atoms with Gasteiger partial charge in [0.05, 0.1) is 17.1 Å². The number of ether oxygens (including phenoxy) is 1. The number of rotatable bonds is 5. The lowest BCUT2D eigenvalue weighted by Crippen LogP contribution is -2.39. The number of anilines is 1. The smallest absolute Gasteiger partial charge is 0.337 e. The number of H-pyrrole nitrogens is 1. The maximum atomic E-state index is 13.3. The molecule has 7 heteroatoms. The molecule has 0 radical (unpaired) electrons. The van der Waals surface area contributed by atoms with E-state index in [0.717, 1.165) is 16.7 Å². The number of aromatic amines is 1. The number of allylic oxidation sites excluding steroid dienone is 1.